The van der Waals surface area contributed by atoms with E-state index in [2.05, 4.69) is 0 Å². The average molecular weight is 198 g/mol. The smallest absolute Gasteiger partial charge is 0.165 e. The summed E-state index contributed by atoms with van der Waals surface area (Å²) in [6.07, 6.45) is -0.469. The van der Waals surface area contributed by atoms with E-state index in [1.54, 1.807) is 11.3 Å². The number of aliphatic hydroxyl groups excluding tert-OH is 1. The van der Waals surface area contributed by atoms with Gasteiger partial charge in [0.05, 0.1) is 0 Å². The maximum absolute atomic E-state index is 11.4. The molecule has 72 valence electrons. The van der Waals surface area contributed by atoms with Gasteiger partial charge in [-0.2, -0.15) is 11.3 Å². The fourth-order valence-electron chi connectivity index (χ4n) is 1.07. The second-order valence-corrected chi connectivity index (χ2v) is 4.24. The predicted octanol–water partition coefficient (Wildman–Crippen LogP) is 1.88. The number of Topliss-reactive ketones (excluding diaryl/α,β-unsaturated/α-hetero) is 1. The molecule has 0 spiro atoms. The van der Waals surface area contributed by atoms with Crippen molar-refractivity contribution in [1.82, 2.24) is 0 Å². The average Bonchev–Trinajstić information content (AvgIpc) is 2.55. The van der Waals surface area contributed by atoms with E-state index in [0.29, 0.717) is 6.42 Å². The Balaban J connectivity index is 2.51. The molecule has 0 saturated heterocycles. The Morgan fingerprint density at radius 2 is 2.31 bits per heavy atom. The topological polar surface area (TPSA) is 37.3 Å². The van der Waals surface area contributed by atoms with Crippen LogP contribution in [0.1, 0.15) is 19.4 Å². The molecule has 0 radical (unpaired) electrons. The maximum atomic E-state index is 11.4. The number of hydrogen-bond acceptors (Lipinski definition) is 3. The summed E-state index contributed by atoms with van der Waals surface area (Å²) in [5.41, 5.74) is 0.995. The van der Waals surface area contributed by atoms with E-state index in [9.17, 15) is 9.90 Å². The number of carbonyl (C=O) groups is 1. The molecule has 1 unspecified atom stereocenters. The van der Waals surface area contributed by atoms with Gasteiger partial charge in [-0.1, -0.05) is 13.8 Å². The molecule has 2 nitrogen and oxygen atoms in total. The minimum absolute atomic E-state index is 0.00568. The molecule has 0 bridgehead atoms. The van der Waals surface area contributed by atoms with Crippen LogP contribution in [0.2, 0.25) is 0 Å². The van der Waals surface area contributed by atoms with Crippen LogP contribution in [0.15, 0.2) is 16.8 Å². The Morgan fingerprint density at radius 1 is 1.62 bits per heavy atom. The summed E-state index contributed by atoms with van der Waals surface area (Å²) in [4.78, 5) is 11.4. The highest BCUT2D eigenvalue weighted by Gasteiger charge is 2.18. The van der Waals surface area contributed by atoms with Crippen LogP contribution in [0, 0.1) is 5.92 Å². The van der Waals surface area contributed by atoms with E-state index >= 15 is 0 Å². The Bertz CT molecular complexity index is 264. The van der Waals surface area contributed by atoms with Gasteiger partial charge in [-0.15, -0.1) is 0 Å². The highest BCUT2D eigenvalue weighted by molar-refractivity contribution is 7.07. The lowest BCUT2D eigenvalue weighted by atomic mass is 9.99. The minimum Gasteiger partial charge on any atom is -0.385 e. The lowest BCUT2D eigenvalue weighted by Crippen LogP contribution is -2.27. The van der Waals surface area contributed by atoms with E-state index in [-0.39, 0.29) is 11.7 Å². The van der Waals surface area contributed by atoms with E-state index in [1.165, 1.54) is 0 Å². The van der Waals surface area contributed by atoms with E-state index < -0.39 is 6.10 Å². The van der Waals surface area contributed by atoms with Crippen LogP contribution in [0.4, 0.5) is 0 Å². The summed E-state index contributed by atoms with van der Waals surface area (Å²) in [5, 5.41) is 13.3. The lowest BCUT2D eigenvalue weighted by molar-refractivity contribution is -0.128. The van der Waals surface area contributed by atoms with Gasteiger partial charge in [0.25, 0.3) is 0 Å². The highest BCUT2D eigenvalue weighted by Crippen LogP contribution is 2.10. The quantitative estimate of drug-likeness (QED) is 0.802. The molecule has 0 aliphatic rings. The van der Waals surface area contributed by atoms with Gasteiger partial charge in [0.15, 0.2) is 5.78 Å². The number of thiophene rings is 1. The summed E-state index contributed by atoms with van der Waals surface area (Å²) in [6.45, 7) is 3.69. The fourth-order valence-corrected chi connectivity index (χ4v) is 1.74. The first kappa shape index (κ1) is 10.4. The molecule has 0 amide bonds. The van der Waals surface area contributed by atoms with Crippen molar-refractivity contribution in [3.63, 3.8) is 0 Å². The second-order valence-electron chi connectivity index (χ2n) is 3.46. The summed E-state index contributed by atoms with van der Waals surface area (Å²) >= 11 is 1.57. The second kappa shape index (κ2) is 4.53. The normalized spacial score (nSPS) is 13.2. The number of hydrogen-bond donors (Lipinski definition) is 1. The first-order valence-electron chi connectivity index (χ1n) is 4.33. The van der Waals surface area contributed by atoms with E-state index in [1.807, 2.05) is 30.7 Å². The monoisotopic (exact) mass is 198 g/mol. The van der Waals surface area contributed by atoms with Crippen molar-refractivity contribution >= 4 is 17.1 Å². The Morgan fingerprint density at radius 3 is 2.77 bits per heavy atom. The van der Waals surface area contributed by atoms with Crippen molar-refractivity contribution in [2.24, 2.45) is 5.92 Å². The van der Waals surface area contributed by atoms with Crippen molar-refractivity contribution in [3.05, 3.63) is 22.4 Å². The van der Waals surface area contributed by atoms with Crippen LogP contribution < -0.4 is 0 Å². The zero-order valence-electron chi connectivity index (χ0n) is 7.86. The molecule has 1 heterocycles. The third-order valence-corrected chi connectivity index (χ3v) is 2.65. The molecule has 3 heteroatoms. The Kier molecular flexibility index (Phi) is 3.63. The SMILES string of the molecule is CC(C)C(O)C(=O)Cc1ccsc1. The van der Waals surface area contributed by atoms with Gasteiger partial charge in [0.2, 0.25) is 0 Å². The van der Waals surface area contributed by atoms with Crippen molar-refractivity contribution in [3.8, 4) is 0 Å². The van der Waals surface area contributed by atoms with Crippen molar-refractivity contribution in [1.29, 1.82) is 0 Å². The molecule has 0 aliphatic carbocycles. The van der Waals surface area contributed by atoms with Gasteiger partial charge in [-0.3, -0.25) is 4.79 Å². The molecule has 0 aliphatic heterocycles. The van der Waals surface area contributed by atoms with Crippen LogP contribution in [0.3, 0.4) is 0 Å². The van der Waals surface area contributed by atoms with Gasteiger partial charge >= 0.3 is 0 Å². The zero-order chi connectivity index (χ0) is 9.84. The number of carbonyl (C=O) groups excluding carboxylic acids is 1. The Hall–Kier alpha value is -0.670. The summed E-state index contributed by atoms with van der Waals surface area (Å²) in [5.74, 6) is -0.0838. The van der Waals surface area contributed by atoms with Crippen LogP contribution >= 0.6 is 11.3 Å². The molecule has 13 heavy (non-hydrogen) atoms. The highest BCUT2D eigenvalue weighted by atomic mass is 32.1. The minimum atomic E-state index is -0.820. The fraction of sp³-hybridized carbons (Fsp3) is 0.500. The molecular formula is C10H14O2S. The predicted molar refractivity (Wildman–Crippen MR) is 53.9 cm³/mol. The Labute approximate surface area is 82.2 Å². The number of ketones is 1. The standard InChI is InChI=1S/C10H14O2S/c1-7(2)10(12)9(11)5-8-3-4-13-6-8/h3-4,6-7,10,12H,5H2,1-2H3. The first-order valence-corrected chi connectivity index (χ1v) is 5.27. The summed E-state index contributed by atoms with van der Waals surface area (Å²) in [6, 6.07) is 1.91. The molecular weight excluding hydrogens is 184 g/mol. The van der Waals surface area contributed by atoms with Gasteiger partial charge in [0, 0.05) is 6.42 Å². The molecule has 1 N–H and O–H groups in total. The molecule has 1 aromatic heterocycles. The van der Waals surface area contributed by atoms with Gasteiger partial charge in [-0.05, 0) is 28.3 Å². The lowest BCUT2D eigenvalue weighted by Gasteiger charge is -2.11. The third-order valence-electron chi connectivity index (χ3n) is 1.92. The van der Waals surface area contributed by atoms with Crippen LogP contribution in [-0.4, -0.2) is 17.0 Å². The van der Waals surface area contributed by atoms with E-state index in [4.69, 9.17) is 0 Å². The number of rotatable bonds is 4. The maximum Gasteiger partial charge on any atom is 0.165 e. The molecule has 0 fully saturated rings. The molecule has 0 aromatic carbocycles. The largest absolute Gasteiger partial charge is 0.385 e. The van der Waals surface area contributed by atoms with Gasteiger partial charge in [-0.25, -0.2) is 0 Å². The molecule has 1 rings (SSSR count). The van der Waals surface area contributed by atoms with Crippen LogP contribution in [-0.2, 0) is 11.2 Å². The number of aliphatic hydroxyl groups is 1. The first-order chi connectivity index (χ1) is 6.11. The molecule has 1 aromatic rings. The van der Waals surface area contributed by atoms with Crippen LogP contribution in [0.5, 0.6) is 0 Å². The van der Waals surface area contributed by atoms with E-state index in [0.717, 1.165) is 5.56 Å². The summed E-state index contributed by atoms with van der Waals surface area (Å²) < 4.78 is 0. The van der Waals surface area contributed by atoms with Crippen molar-refractivity contribution in [2.45, 2.75) is 26.4 Å². The van der Waals surface area contributed by atoms with Gasteiger partial charge in [0.1, 0.15) is 6.10 Å². The van der Waals surface area contributed by atoms with Crippen molar-refractivity contribution in [2.75, 3.05) is 0 Å². The summed E-state index contributed by atoms with van der Waals surface area (Å²) in [7, 11) is 0. The van der Waals surface area contributed by atoms with Crippen molar-refractivity contribution < 1.29 is 9.90 Å². The molecule has 1 atom stereocenters. The zero-order valence-corrected chi connectivity index (χ0v) is 8.67. The van der Waals surface area contributed by atoms with Crippen LogP contribution in [0.25, 0.3) is 0 Å². The van der Waals surface area contributed by atoms with Gasteiger partial charge < -0.3 is 5.11 Å². The third kappa shape index (κ3) is 2.94. The molecule has 0 saturated carbocycles.